The number of rotatable bonds is 0. The lowest BCUT2D eigenvalue weighted by Gasteiger charge is -2.56. The van der Waals surface area contributed by atoms with Gasteiger partial charge in [-0.3, -0.25) is 0 Å². The van der Waals surface area contributed by atoms with E-state index in [4.69, 9.17) is 0 Å². The fourth-order valence-corrected chi connectivity index (χ4v) is 5.51. The van der Waals surface area contributed by atoms with Crippen LogP contribution in [0.3, 0.4) is 0 Å². The monoisotopic (exact) mass is 319 g/mol. The van der Waals surface area contributed by atoms with E-state index in [0.717, 1.165) is 12.0 Å². The van der Waals surface area contributed by atoms with Crippen molar-refractivity contribution in [2.75, 3.05) is 6.54 Å². The van der Waals surface area contributed by atoms with Gasteiger partial charge in [-0.25, -0.2) is 0 Å². The molecule has 2 bridgehead atoms. The molecule has 0 unspecified atom stereocenters. The lowest BCUT2D eigenvalue weighted by molar-refractivity contribution is 0.0796. The number of fused-ring (bicyclic) bond motifs is 1. The summed E-state index contributed by atoms with van der Waals surface area (Å²) in [6, 6.07) is 19.8. The van der Waals surface area contributed by atoms with Gasteiger partial charge < -0.3 is 5.32 Å². The number of hydrogen-bond donors (Lipinski definition) is 1. The molecule has 1 aliphatic heterocycles. The van der Waals surface area contributed by atoms with E-state index in [9.17, 15) is 0 Å². The van der Waals surface area contributed by atoms with Crippen LogP contribution in [0.25, 0.3) is 0 Å². The predicted octanol–water partition coefficient (Wildman–Crippen LogP) is 5.03. The molecule has 1 saturated heterocycles. The zero-order valence-corrected chi connectivity index (χ0v) is 14.8. The molecule has 2 aliphatic carbocycles. The highest BCUT2D eigenvalue weighted by molar-refractivity contribution is 5.45. The number of aryl methyl sites for hydroxylation is 1. The zero-order valence-electron chi connectivity index (χ0n) is 14.8. The first-order valence-electron chi connectivity index (χ1n) is 9.64. The molecule has 24 heavy (non-hydrogen) atoms. The van der Waals surface area contributed by atoms with E-state index in [-0.39, 0.29) is 0 Å². The summed E-state index contributed by atoms with van der Waals surface area (Å²) >= 11 is 0. The van der Waals surface area contributed by atoms with Gasteiger partial charge in [0.2, 0.25) is 0 Å². The van der Waals surface area contributed by atoms with Crippen molar-refractivity contribution in [2.24, 2.45) is 5.92 Å². The Morgan fingerprint density at radius 3 is 2.42 bits per heavy atom. The molecule has 2 fully saturated rings. The van der Waals surface area contributed by atoms with Crippen LogP contribution in [0.1, 0.15) is 48.8 Å². The van der Waals surface area contributed by atoms with Crippen molar-refractivity contribution in [2.45, 2.75) is 56.9 Å². The maximum absolute atomic E-state index is 3.81. The minimum Gasteiger partial charge on any atom is -0.313 e. The Bertz CT molecular complexity index is 647. The molecule has 1 heterocycles. The van der Waals surface area contributed by atoms with Gasteiger partial charge in [0.05, 0.1) is 0 Å². The van der Waals surface area contributed by atoms with Crippen LogP contribution in [0.5, 0.6) is 0 Å². The average Bonchev–Trinajstić information content (AvgIpc) is 2.65. The van der Waals surface area contributed by atoms with Crippen LogP contribution in [-0.2, 0) is 11.8 Å². The normalized spacial score (nSPS) is 30.4. The smallest absolute Gasteiger partial charge is 0.0144 e. The molecule has 1 nitrogen and oxygen atoms in total. The van der Waals surface area contributed by atoms with Crippen LogP contribution >= 0.6 is 0 Å². The van der Waals surface area contributed by atoms with E-state index in [1.807, 2.05) is 36.4 Å². The van der Waals surface area contributed by atoms with Gasteiger partial charge in [0.25, 0.3) is 0 Å². The summed E-state index contributed by atoms with van der Waals surface area (Å²) in [7, 11) is 0. The van der Waals surface area contributed by atoms with Crippen molar-refractivity contribution >= 4 is 0 Å². The molecular weight excluding hydrogens is 290 g/mol. The summed E-state index contributed by atoms with van der Waals surface area (Å²) in [5.41, 5.74) is 5.45. The van der Waals surface area contributed by atoms with Crippen LogP contribution in [0.15, 0.2) is 54.6 Å². The molecule has 5 rings (SSSR count). The molecule has 1 N–H and O–H groups in total. The molecule has 0 amide bonds. The largest absolute Gasteiger partial charge is 0.313 e. The quantitative estimate of drug-likeness (QED) is 0.718. The highest BCUT2D eigenvalue weighted by atomic mass is 15.0. The minimum atomic E-state index is 0.535. The number of hydrogen-bond acceptors (Lipinski definition) is 1. The van der Waals surface area contributed by atoms with Gasteiger partial charge in [0.15, 0.2) is 0 Å². The first-order valence-corrected chi connectivity index (χ1v) is 9.64. The third kappa shape index (κ3) is 2.69. The second-order valence-electron chi connectivity index (χ2n) is 7.78. The SMILES string of the molecule is Cc1cccc2c1C[C@H]1NCC[C@@]23CCCC[C@@H]13.c1ccccc1. The third-order valence-electron chi connectivity index (χ3n) is 6.60. The Morgan fingerprint density at radius 2 is 1.67 bits per heavy atom. The van der Waals surface area contributed by atoms with Gasteiger partial charge in [-0.1, -0.05) is 67.4 Å². The summed E-state index contributed by atoms with van der Waals surface area (Å²) in [5.74, 6) is 0.911. The van der Waals surface area contributed by atoms with Crippen molar-refractivity contribution in [3.05, 3.63) is 71.3 Å². The molecule has 0 aromatic heterocycles. The summed E-state index contributed by atoms with van der Waals surface area (Å²) in [6.45, 7) is 3.53. The standard InChI is InChI=1S/C17H23N.C6H6/c1-12-5-4-7-14-13(12)11-16-15-6-2-3-8-17(14,15)9-10-18-16;1-2-4-6-5-3-1/h4-5,7,15-16,18H,2-3,6,8-11H2,1H3;1-6H/t15-,16+,17-;/m0./s1. The molecule has 3 aliphatic rings. The van der Waals surface area contributed by atoms with Gasteiger partial charge in [-0.2, -0.15) is 0 Å². The summed E-state index contributed by atoms with van der Waals surface area (Å²) in [5, 5.41) is 3.81. The summed E-state index contributed by atoms with van der Waals surface area (Å²) < 4.78 is 0. The number of benzene rings is 2. The molecule has 1 saturated carbocycles. The van der Waals surface area contributed by atoms with E-state index in [2.05, 4.69) is 30.4 Å². The summed E-state index contributed by atoms with van der Waals surface area (Å²) in [6.07, 6.45) is 8.42. The van der Waals surface area contributed by atoms with E-state index >= 15 is 0 Å². The third-order valence-corrected chi connectivity index (χ3v) is 6.60. The topological polar surface area (TPSA) is 12.0 Å². The minimum absolute atomic E-state index is 0.535. The predicted molar refractivity (Wildman–Crippen MR) is 101 cm³/mol. The molecule has 2 aromatic rings. The van der Waals surface area contributed by atoms with Gasteiger partial charge in [-0.15, -0.1) is 0 Å². The fourth-order valence-electron chi connectivity index (χ4n) is 5.51. The first-order chi connectivity index (χ1) is 11.8. The van der Waals surface area contributed by atoms with Crippen molar-refractivity contribution in [3.8, 4) is 0 Å². The molecule has 2 aromatic carbocycles. The fraction of sp³-hybridized carbons (Fsp3) is 0.478. The lowest BCUT2D eigenvalue weighted by atomic mass is 9.52. The Labute approximate surface area is 146 Å². The first kappa shape index (κ1) is 15.9. The second kappa shape index (κ2) is 6.72. The van der Waals surface area contributed by atoms with Crippen LogP contribution in [0.4, 0.5) is 0 Å². The van der Waals surface area contributed by atoms with E-state index < -0.39 is 0 Å². The van der Waals surface area contributed by atoms with E-state index in [1.54, 1.807) is 11.1 Å². The molecule has 0 radical (unpaired) electrons. The summed E-state index contributed by atoms with van der Waals surface area (Å²) in [4.78, 5) is 0. The van der Waals surface area contributed by atoms with Crippen LogP contribution in [0, 0.1) is 12.8 Å². The van der Waals surface area contributed by atoms with Gasteiger partial charge in [0, 0.05) is 11.5 Å². The molecule has 0 spiro atoms. The van der Waals surface area contributed by atoms with Crippen molar-refractivity contribution in [3.63, 3.8) is 0 Å². The Morgan fingerprint density at radius 1 is 0.917 bits per heavy atom. The van der Waals surface area contributed by atoms with Crippen LogP contribution in [0.2, 0.25) is 0 Å². The van der Waals surface area contributed by atoms with Crippen molar-refractivity contribution in [1.82, 2.24) is 5.32 Å². The van der Waals surface area contributed by atoms with Gasteiger partial charge in [0.1, 0.15) is 0 Å². The Balaban J connectivity index is 0.000000207. The maximum atomic E-state index is 3.81. The highest BCUT2D eigenvalue weighted by Gasteiger charge is 2.51. The van der Waals surface area contributed by atoms with Crippen molar-refractivity contribution in [1.29, 1.82) is 0 Å². The van der Waals surface area contributed by atoms with E-state index in [1.165, 1.54) is 50.6 Å². The second-order valence-corrected chi connectivity index (χ2v) is 7.78. The van der Waals surface area contributed by atoms with Gasteiger partial charge >= 0.3 is 0 Å². The van der Waals surface area contributed by atoms with Crippen LogP contribution < -0.4 is 5.32 Å². The molecular formula is C23H29N. The lowest BCUT2D eigenvalue weighted by Crippen LogP contribution is -2.59. The number of nitrogens with one attached hydrogen (secondary N) is 1. The Hall–Kier alpha value is -1.60. The molecule has 126 valence electrons. The van der Waals surface area contributed by atoms with Crippen LogP contribution in [-0.4, -0.2) is 12.6 Å². The zero-order chi connectivity index (χ0) is 16.4. The molecule has 3 atom stereocenters. The Kier molecular flexibility index (Phi) is 4.45. The van der Waals surface area contributed by atoms with Gasteiger partial charge in [-0.05, 0) is 61.8 Å². The average molecular weight is 319 g/mol. The van der Waals surface area contributed by atoms with E-state index in [0.29, 0.717) is 5.41 Å². The highest BCUT2D eigenvalue weighted by Crippen LogP contribution is 2.54. The molecule has 1 heteroatoms. The van der Waals surface area contributed by atoms with Crippen molar-refractivity contribution < 1.29 is 0 Å². The number of piperidine rings is 1. The maximum Gasteiger partial charge on any atom is 0.0144 e.